The maximum Gasteiger partial charge on any atom is 0.255 e. The molecule has 2 amide bonds. The summed E-state index contributed by atoms with van der Waals surface area (Å²) in [4.78, 5) is 23.4. The molecule has 0 aliphatic rings. The number of amides is 2. The van der Waals surface area contributed by atoms with Crippen LogP contribution in [0.5, 0.6) is 5.75 Å². The summed E-state index contributed by atoms with van der Waals surface area (Å²) < 4.78 is 17.8. The van der Waals surface area contributed by atoms with Gasteiger partial charge in [-0.25, -0.2) is 4.39 Å². The molecular formula is C13H17FN2O4. The van der Waals surface area contributed by atoms with Crippen LogP contribution in [0, 0.1) is 5.82 Å². The van der Waals surface area contributed by atoms with Crippen LogP contribution in [-0.2, 0) is 9.53 Å². The van der Waals surface area contributed by atoms with E-state index in [1.54, 1.807) is 0 Å². The van der Waals surface area contributed by atoms with Crippen molar-refractivity contribution < 1.29 is 23.8 Å². The molecular weight excluding hydrogens is 267 g/mol. The van der Waals surface area contributed by atoms with Crippen LogP contribution in [0.4, 0.5) is 4.39 Å². The standard InChI is InChI=1S/C13H17FN2O4/c1-8(12(18)15-5-6-20-2)16-13(19)10-7-9(14)3-4-11(10)17/h3-4,7-8,17H,5-6H2,1-2H3,(H,15,18)(H,16,19). The Hall–Kier alpha value is -2.15. The van der Waals surface area contributed by atoms with Gasteiger partial charge in [-0.05, 0) is 25.1 Å². The van der Waals surface area contributed by atoms with Crippen LogP contribution in [0.3, 0.4) is 0 Å². The topological polar surface area (TPSA) is 87.7 Å². The molecule has 6 nitrogen and oxygen atoms in total. The van der Waals surface area contributed by atoms with Crippen molar-refractivity contribution in [3.05, 3.63) is 29.6 Å². The Morgan fingerprint density at radius 2 is 2.15 bits per heavy atom. The van der Waals surface area contributed by atoms with Gasteiger partial charge in [-0.3, -0.25) is 9.59 Å². The third-order valence-electron chi connectivity index (χ3n) is 2.55. The first-order valence-electron chi connectivity index (χ1n) is 6.01. The molecule has 1 aromatic rings. The van der Waals surface area contributed by atoms with E-state index < -0.39 is 23.7 Å². The lowest BCUT2D eigenvalue weighted by atomic mass is 10.1. The van der Waals surface area contributed by atoms with E-state index in [2.05, 4.69) is 10.6 Å². The molecule has 0 aromatic heterocycles. The average Bonchev–Trinajstić information content (AvgIpc) is 2.41. The van der Waals surface area contributed by atoms with Gasteiger partial charge in [-0.15, -0.1) is 0 Å². The summed E-state index contributed by atoms with van der Waals surface area (Å²) in [7, 11) is 1.50. The number of hydrogen-bond donors (Lipinski definition) is 3. The number of phenolic OH excluding ortho intramolecular Hbond substituents is 1. The molecule has 0 saturated heterocycles. The van der Waals surface area contributed by atoms with Crippen molar-refractivity contribution in [1.82, 2.24) is 10.6 Å². The monoisotopic (exact) mass is 284 g/mol. The van der Waals surface area contributed by atoms with Crippen LogP contribution >= 0.6 is 0 Å². The summed E-state index contributed by atoms with van der Waals surface area (Å²) in [6, 6.07) is 2.20. The molecule has 0 spiro atoms. The van der Waals surface area contributed by atoms with Gasteiger partial charge < -0.3 is 20.5 Å². The number of halogens is 1. The van der Waals surface area contributed by atoms with Gasteiger partial charge >= 0.3 is 0 Å². The number of benzene rings is 1. The molecule has 0 saturated carbocycles. The van der Waals surface area contributed by atoms with E-state index in [9.17, 15) is 19.1 Å². The predicted octanol–water partition coefficient (Wildman–Crippen LogP) is 0.412. The zero-order valence-electron chi connectivity index (χ0n) is 11.3. The van der Waals surface area contributed by atoms with E-state index in [1.807, 2.05) is 0 Å². The number of ether oxygens (including phenoxy) is 1. The van der Waals surface area contributed by atoms with Crippen LogP contribution in [-0.4, -0.2) is 43.2 Å². The fourth-order valence-electron chi connectivity index (χ4n) is 1.46. The first-order valence-corrected chi connectivity index (χ1v) is 6.01. The highest BCUT2D eigenvalue weighted by Crippen LogP contribution is 2.17. The number of methoxy groups -OCH3 is 1. The molecule has 1 unspecified atom stereocenters. The molecule has 1 rings (SSSR count). The molecule has 0 aliphatic heterocycles. The third-order valence-corrected chi connectivity index (χ3v) is 2.55. The molecule has 20 heavy (non-hydrogen) atoms. The highest BCUT2D eigenvalue weighted by molar-refractivity contribution is 5.99. The Kier molecular flexibility index (Phi) is 5.92. The number of aromatic hydroxyl groups is 1. The van der Waals surface area contributed by atoms with Crippen molar-refractivity contribution in [2.75, 3.05) is 20.3 Å². The van der Waals surface area contributed by atoms with Crippen molar-refractivity contribution in [2.24, 2.45) is 0 Å². The third kappa shape index (κ3) is 4.51. The van der Waals surface area contributed by atoms with Crippen molar-refractivity contribution in [1.29, 1.82) is 0 Å². The lowest BCUT2D eigenvalue weighted by Gasteiger charge is -2.14. The largest absolute Gasteiger partial charge is 0.507 e. The van der Waals surface area contributed by atoms with Crippen molar-refractivity contribution >= 4 is 11.8 Å². The average molecular weight is 284 g/mol. The second kappa shape index (κ2) is 7.44. The number of phenols is 1. The smallest absolute Gasteiger partial charge is 0.255 e. The van der Waals surface area contributed by atoms with Crippen LogP contribution in [0.2, 0.25) is 0 Å². The SMILES string of the molecule is COCCNC(=O)C(C)NC(=O)c1cc(F)ccc1O. The van der Waals surface area contributed by atoms with Gasteiger partial charge in [0.2, 0.25) is 5.91 Å². The van der Waals surface area contributed by atoms with Gasteiger partial charge in [0.25, 0.3) is 5.91 Å². The first kappa shape index (κ1) is 15.9. The van der Waals surface area contributed by atoms with E-state index in [0.717, 1.165) is 18.2 Å². The van der Waals surface area contributed by atoms with E-state index in [1.165, 1.54) is 14.0 Å². The molecule has 0 fully saturated rings. The molecule has 7 heteroatoms. The molecule has 1 atom stereocenters. The van der Waals surface area contributed by atoms with Crippen LogP contribution in [0.25, 0.3) is 0 Å². The van der Waals surface area contributed by atoms with Gasteiger partial charge in [-0.1, -0.05) is 0 Å². The van der Waals surface area contributed by atoms with Gasteiger partial charge in [0.1, 0.15) is 17.6 Å². The maximum absolute atomic E-state index is 13.0. The van der Waals surface area contributed by atoms with Gasteiger partial charge in [0, 0.05) is 13.7 Å². The van der Waals surface area contributed by atoms with Crippen molar-refractivity contribution in [2.45, 2.75) is 13.0 Å². The zero-order valence-corrected chi connectivity index (χ0v) is 11.3. The van der Waals surface area contributed by atoms with Crippen LogP contribution in [0.1, 0.15) is 17.3 Å². The molecule has 1 aromatic carbocycles. The molecule has 0 aliphatic carbocycles. The summed E-state index contributed by atoms with van der Waals surface area (Å²) in [5.74, 6) is -2.12. The van der Waals surface area contributed by atoms with E-state index in [4.69, 9.17) is 4.74 Å². The molecule has 3 N–H and O–H groups in total. The molecule has 110 valence electrons. The number of hydrogen-bond acceptors (Lipinski definition) is 4. The van der Waals surface area contributed by atoms with Gasteiger partial charge in [-0.2, -0.15) is 0 Å². The second-order valence-electron chi connectivity index (χ2n) is 4.14. The maximum atomic E-state index is 13.0. The highest BCUT2D eigenvalue weighted by Gasteiger charge is 2.18. The first-order chi connectivity index (χ1) is 9.45. The summed E-state index contributed by atoms with van der Waals surface area (Å²) in [5.41, 5.74) is -0.221. The Bertz CT molecular complexity index is 493. The zero-order chi connectivity index (χ0) is 15.1. The summed E-state index contributed by atoms with van der Waals surface area (Å²) in [5, 5.41) is 14.4. The van der Waals surface area contributed by atoms with Crippen molar-refractivity contribution in [3.8, 4) is 5.75 Å². The van der Waals surface area contributed by atoms with E-state index in [-0.39, 0.29) is 11.3 Å². The van der Waals surface area contributed by atoms with Gasteiger partial charge in [0.15, 0.2) is 0 Å². The highest BCUT2D eigenvalue weighted by atomic mass is 19.1. The van der Waals surface area contributed by atoms with Crippen molar-refractivity contribution in [3.63, 3.8) is 0 Å². The number of rotatable bonds is 6. The number of carbonyl (C=O) groups is 2. The summed E-state index contributed by atoms with van der Waals surface area (Å²) >= 11 is 0. The van der Waals surface area contributed by atoms with Gasteiger partial charge in [0.05, 0.1) is 12.2 Å². The summed E-state index contributed by atoms with van der Waals surface area (Å²) in [6.07, 6.45) is 0. The minimum absolute atomic E-state index is 0.221. The Morgan fingerprint density at radius 3 is 2.80 bits per heavy atom. The molecule has 0 radical (unpaired) electrons. The Morgan fingerprint density at radius 1 is 1.45 bits per heavy atom. The van der Waals surface area contributed by atoms with E-state index >= 15 is 0 Å². The molecule has 0 bridgehead atoms. The van der Waals surface area contributed by atoms with E-state index in [0.29, 0.717) is 13.2 Å². The number of nitrogens with one attached hydrogen (secondary N) is 2. The summed E-state index contributed by atoms with van der Waals surface area (Å²) in [6.45, 7) is 2.16. The Labute approximate surface area is 115 Å². The Balaban J connectivity index is 2.61. The minimum Gasteiger partial charge on any atom is -0.507 e. The number of carbonyl (C=O) groups excluding carboxylic acids is 2. The lowest BCUT2D eigenvalue weighted by Crippen LogP contribution is -2.45. The van der Waals surface area contributed by atoms with Crippen LogP contribution in [0.15, 0.2) is 18.2 Å². The minimum atomic E-state index is -0.818. The fraction of sp³-hybridized carbons (Fsp3) is 0.385. The molecule has 0 heterocycles. The second-order valence-corrected chi connectivity index (χ2v) is 4.14. The predicted molar refractivity (Wildman–Crippen MR) is 69.9 cm³/mol. The van der Waals surface area contributed by atoms with Crippen LogP contribution < -0.4 is 10.6 Å². The lowest BCUT2D eigenvalue weighted by molar-refractivity contribution is -0.122. The fourth-order valence-corrected chi connectivity index (χ4v) is 1.46. The normalized spacial score (nSPS) is 11.8. The quantitative estimate of drug-likeness (QED) is 0.660.